The number of nitrogens with zero attached hydrogens (tertiary/aromatic N) is 2. The highest BCUT2D eigenvalue weighted by Gasteiger charge is 2.35. The summed E-state index contributed by atoms with van der Waals surface area (Å²) < 4.78 is 11.2. The predicted molar refractivity (Wildman–Crippen MR) is 104 cm³/mol. The van der Waals surface area contributed by atoms with E-state index in [0.29, 0.717) is 13.2 Å². The van der Waals surface area contributed by atoms with Gasteiger partial charge in [-0.1, -0.05) is 11.6 Å². The molecule has 2 aliphatic heterocycles. The fraction of sp³-hybridized carbons (Fsp3) is 0.524. The SMILES string of the molecule is Cc1ccc2nc(C)c(C)c(C(=O)N[C@H]3COC[C@@H]3N3CCOCC3)c2c1. The number of nitrogens with one attached hydrogen (secondary N) is 1. The first-order valence-corrected chi connectivity index (χ1v) is 9.62. The Bertz CT molecular complexity index is 861. The van der Waals surface area contributed by atoms with Crippen LogP contribution >= 0.6 is 0 Å². The summed E-state index contributed by atoms with van der Waals surface area (Å²) in [4.78, 5) is 20.3. The summed E-state index contributed by atoms with van der Waals surface area (Å²) in [5.41, 5.74) is 4.54. The van der Waals surface area contributed by atoms with E-state index in [2.05, 4.69) is 15.2 Å². The number of hydrogen-bond acceptors (Lipinski definition) is 5. The van der Waals surface area contributed by atoms with Gasteiger partial charge in [0.2, 0.25) is 0 Å². The number of carbonyl (C=O) groups excluding carboxylic acids is 1. The molecular weight excluding hydrogens is 342 g/mol. The second-order valence-corrected chi connectivity index (χ2v) is 7.55. The van der Waals surface area contributed by atoms with Crippen LogP contribution in [0.4, 0.5) is 0 Å². The van der Waals surface area contributed by atoms with Crippen molar-refractivity contribution in [1.29, 1.82) is 0 Å². The van der Waals surface area contributed by atoms with Crippen LogP contribution < -0.4 is 5.32 Å². The van der Waals surface area contributed by atoms with Crippen molar-refractivity contribution in [3.8, 4) is 0 Å². The predicted octanol–water partition coefficient (Wildman–Crippen LogP) is 1.99. The largest absolute Gasteiger partial charge is 0.379 e. The van der Waals surface area contributed by atoms with E-state index in [-0.39, 0.29) is 18.0 Å². The minimum absolute atomic E-state index is 0.0108. The normalized spacial score (nSPS) is 23.7. The molecule has 4 rings (SSSR count). The van der Waals surface area contributed by atoms with E-state index >= 15 is 0 Å². The minimum atomic E-state index is -0.0395. The average Bonchev–Trinajstić information content (AvgIpc) is 3.12. The van der Waals surface area contributed by atoms with Gasteiger partial charge in [-0.25, -0.2) is 0 Å². The summed E-state index contributed by atoms with van der Waals surface area (Å²) in [5, 5.41) is 4.16. The quantitative estimate of drug-likeness (QED) is 0.896. The second-order valence-electron chi connectivity index (χ2n) is 7.55. The van der Waals surface area contributed by atoms with Crippen LogP contribution in [0.25, 0.3) is 10.9 Å². The average molecular weight is 369 g/mol. The van der Waals surface area contributed by atoms with Crippen molar-refractivity contribution < 1.29 is 14.3 Å². The summed E-state index contributed by atoms with van der Waals surface area (Å²) >= 11 is 0. The minimum Gasteiger partial charge on any atom is -0.379 e. The number of morpholine rings is 1. The van der Waals surface area contributed by atoms with Gasteiger partial charge in [0.15, 0.2) is 0 Å². The summed E-state index contributed by atoms with van der Waals surface area (Å²) in [6, 6.07) is 6.26. The summed E-state index contributed by atoms with van der Waals surface area (Å²) in [5.74, 6) is -0.0395. The molecule has 0 bridgehead atoms. The second kappa shape index (κ2) is 7.54. The Morgan fingerprint density at radius 3 is 2.70 bits per heavy atom. The van der Waals surface area contributed by atoms with Crippen LogP contribution in [0.3, 0.4) is 0 Å². The van der Waals surface area contributed by atoms with Crippen molar-refractivity contribution in [1.82, 2.24) is 15.2 Å². The van der Waals surface area contributed by atoms with E-state index in [9.17, 15) is 4.79 Å². The van der Waals surface area contributed by atoms with Crippen LogP contribution in [0.1, 0.15) is 27.2 Å². The van der Waals surface area contributed by atoms with Crippen LogP contribution in [0.15, 0.2) is 18.2 Å². The van der Waals surface area contributed by atoms with Crippen molar-refractivity contribution in [3.63, 3.8) is 0 Å². The van der Waals surface area contributed by atoms with Crippen LogP contribution in [-0.2, 0) is 9.47 Å². The lowest BCUT2D eigenvalue weighted by Gasteiger charge is -2.34. The lowest BCUT2D eigenvalue weighted by atomic mass is 9.99. The molecule has 0 aliphatic carbocycles. The molecule has 0 unspecified atom stereocenters. The van der Waals surface area contributed by atoms with E-state index in [1.807, 2.05) is 39.0 Å². The maximum absolute atomic E-state index is 13.3. The van der Waals surface area contributed by atoms with Gasteiger partial charge < -0.3 is 14.8 Å². The number of amides is 1. The number of carbonyl (C=O) groups is 1. The Labute approximate surface area is 159 Å². The molecule has 2 saturated heterocycles. The van der Waals surface area contributed by atoms with Crippen molar-refractivity contribution in [3.05, 3.63) is 40.6 Å². The molecule has 0 spiro atoms. The Kier molecular flexibility index (Phi) is 5.12. The molecule has 1 aromatic carbocycles. The van der Waals surface area contributed by atoms with E-state index < -0.39 is 0 Å². The van der Waals surface area contributed by atoms with Crippen molar-refractivity contribution in [2.24, 2.45) is 0 Å². The molecule has 3 heterocycles. The Morgan fingerprint density at radius 1 is 1.15 bits per heavy atom. The molecule has 6 nitrogen and oxygen atoms in total. The van der Waals surface area contributed by atoms with Crippen molar-refractivity contribution in [2.45, 2.75) is 32.9 Å². The zero-order chi connectivity index (χ0) is 19.0. The zero-order valence-corrected chi connectivity index (χ0v) is 16.2. The molecule has 1 aromatic heterocycles. The molecule has 2 atom stereocenters. The van der Waals surface area contributed by atoms with Crippen LogP contribution in [-0.4, -0.2) is 67.4 Å². The highest BCUT2D eigenvalue weighted by atomic mass is 16.5. The van der Waals surface area contributed by atoms with Gasteiger partial charge in [0.1, 0.15) is 0 Å². The van der Waals surface area contributed by atoms with Gasteiger partial charge in [-0.3, -0.25) is 14.7 Å². The highest BCUT2D eigenvalue weighted by Crippen LogP contribution is 2.25. The smallest absolute Gasteiger partial charge is 0.252 e. The van der Waals surface area contributed by atoms with E-state index in [0.717, 1.165) is 59.6 Å². The first-order valence-electron chi connectivity index (χ1n) is 9.62. The van der Waals surface area contributed by atoms with Gasteiger partial charge in [-0.2, -0.15) is 0 Å². The number of hydrogen-bond donors (Lipinski definition) is 1. The number of aryl methyl sites for hydroxylation is 2. The number of pyridine rings is 1. The molecule has 27 heavy (non-hydrogen) atoms. The first kappa shape index (κ1) is 18.3. The van der Waals surface area contributed by atoms with Crippen molar-refractivity contribution >= 4 is 16.8 Å². The molecular formula is C21H27N3O3. The maximum atomic E-state index is 13.3. The van der Waals surface area contributed by atoms with Gasteiger partial charge >= 0.3 is 0 Å². The third kappa shape index (κ3) is 3.57. The van der Waals surface area contributed by atoms with E-state index in [4.69, 9.17) is 9.47 Å². The molecule has 1 N–H and O–H groups in total. The van der Waals surface area contributed by atoms with Gasteiger partial charge in [0.05, 0.1) is 49.6 Å². The molecule has 0 saturated carbocycles. The highest BCUT2D eigenvalue weighted by molar-refractivity contribution is 6.07. The Morgan fingerprint density at radius 2 is 1.93 bits per heavy atom. The number of ether oxygens (including phenoxy) is 2. The van der Waals surface area contributed by atoms with Crippen molar-refractivity contribution in [2.75, 3.05) is 39.5 Å². The molecule has 1 amide bonds. The molecule has 144 valence electrons. The number of fused-ring (bicyclic) bond motifs is 1. The molecule has 2 fully saturated rings. The first-order chi connectivity index (χ1) is 13.0. The fourth-order valence-corrected chi connectivity index (χ4v) is 4.08. The molecule has 2 aliphatic rings. The third-order valence-corrected chi connectivity index (χ3v) is 5.74. The summed E-state index contributed by atoms with van der Waals surface area (Å²) in [6.45, 7) is 10.4. The standard InChI is InChI=1S/C21H27N3O3/c1-13-4-5-17-16(10-13)20(14(2)15(3)22-17)21(25)23-18-11-27-12-19(18)24-6-8-26-9-7-24/h4-5,10,18-19H,6-9,11-12H2,1-3H3,(H,23,25)/t18-,19-/m0/s1. The van der Waals surface area contributed by atoms with Gasteiger partial charge in [-0.15, -0.1) is 0 Å². The Balaban J connectivity index is 1.63. The molecule has 6 heteroatoms. The lowest BCUT2D eigenvalue weighted by molar-refractivity contribution is 0.0108. The lowest BCUT2D eigenvalue weighted by Crippen LogP contribution is -2.54. The molecule has 2 aromatic rings. The third-order valence-electron chi connectivity index (χ3n) is 5.74. The topological polar surface area (TPSA) is 63.7 Å². The summed E-state index contributed by atoms with van der Waals surface area (Å²) in [7, 11) is 0. The fourth-order valence-electron chi connectivity index (χ4n) is 4.08. The van der Waals surface area contributed by atoms with E-state index in [1.54, 1.807) is 0 Å². The number of rotatable bonds is 3. The number of aromatic nitrogens is 1. The van der Waals surface area contributed by atoms with Gasteiger partial charge in [-0.05, 0) is 38.5 Å². The summed E-state index contributed by atoms with van der Waals surface area (Å²) in [6.07, 6.45) is 0. The zero-order valence-electron chi connectivity index (χ0n) is 16.2. The maximum Gasteiger partial charge on any atom is 0.252 e. The monoisotopic (exact) mass is 369 g/mol. The van der Waals surface area contributed by atoms with Gasteiger partial charge in [0.25, 0.3) is 5.91 Å². The Hall–Kier alpha value is -2.02. The van der Waals surface area contributed by atoms with Crippen LogP contribution in [0, 0.1) is 20.8 Å². The van der Waals surface area contributed by atoms with Crippen LogP contribution in [0.5, 0.6) is 0 Å². The van der Waals surface area contributed by atoms with Gasteiger partial charge in [0, 0.05) is 24.2 Å². The number of benzene rings is 1. The van der Waals surface area contributed by atoms with Crippen LogP contribution in [0.2, 0.25) is 0 Å². The van der Waals surface area contributed by atoms with E-state index in [1.165, 1.54) is 0 Å². The molecule has 0 radical (unpaired) electrons.